The Bertz CT molecular complexity index is 797. The predicted molar refractivity (Wildman–Crippen MR) is 101 cm³/mol. The minimum Gasteiger partial charge on any atom is -0.309 e. The van der Waals surface area contributed by atoms with Gasteiger partial charge in [0.05, 0.1) is 0 Å². The summed E-state index contributed by atoms with van der Waals surface area (Å²) in [6.07, 6.45) is 1.24. The van der Waals surface area contributed by atoms with E-state index >= 15 is 0 Å². The molecule has 3 aromatic carbocycles. The molecule has 1 atom stereocenters. The molecule has 0 saturated carbocycles. The van der Waals surface area contributed by atoms with Crippen LogP contribution in [0.4, 0.5) is 0 Å². The predicted octanol–water partition coefficient (Wildman–Crippen LogP) is 4.20. The van der Waals surface area contributed by atoms with Crippen molar-refractivity contribution in [1.82, 2.24) is 10.2 Å². The van der Waals surface area contributed by atoms with E-state index in [1.165, 1.54) is 34.9 Å². The summed E-state index contributed by atoms with van der Waals surface area (Å²) in [6, 6.07) is 26.7. The molecule has 1 aliphatic heterocycles. The first-order valence-corrected chi connectivity index (χ1v) is 8.84. The van der Waals surface area contributed by atoms with Crippen LogP contribution in [-0.4, -0.2) is 24.0 Å². The van der Waals surface area contributed by atoms with Crippen LogP contribution in [-0.2, 0) is 13.1 Å². The first kappa shape index (κ1) is 15.4. The highest BCUT2D eigenvalue weighted by Crippen LogP contribution is 2.17. The minimum absolute atomic E-state index is 0.597. The molecule has 0 amide bonds. The molecule has 0 aliphatic carbocycles. The molecule has 0 spiro atoms. The quantitative estimate of drug-likeness (QED) is 0.759. The summed E-state index contributed by atoms with van der Waals surface area (Å²) < 4.78 is 0. The second kappa shape index (κ2) is 7.16. The summed E-state index contributed by atoms with van der Waals surface area (Å²) in [5.41, 5.74) is 2.78. The van der Waals surface area contributed by atoms with Crippen LogP contribution in [0.1, 0.15) is 17.5 Å². The molecule has 2 heteroatoms. The van der Waals surface area contributed by atoms with Crippen LogP contribution in [0.2, 0.25) is 0 Å². The maximum atomic E-state index is 3.74. The zero-order valence-electron chi connectivity index (χ0n) is 14.0. The Morgan fingerprint density at radius 3 is 2.50 bits per heavy atom. The lowest BCUT2D eigenvalue weighted by atomic mass is 10.1. The summed E-state index contributed by atoms with van der Waals surface area (Å²) in [7, 11) is 0. The van der Waals surface area contributed by atoms with Gasteiger partial charge in [-0.1, -0.05) is 66.7 Å². The minimum atomic E-state index is 0.597. The summed E-state index contributed by atoms with van der Waals surface area (Å²) in [6.45, 7) is 4.34. The SMILES string of the molecule is c1ccc(CN2CC[C@H](NCc3ccc4ccccc4c3)C2)cc1. The van der Waals surface area contributed by atoms with E-state index in [1.807, 2.05) is 0 Å². The summed E-state index contributed by atoms with van der Waals surface area (Å²) in [5.74, 6) is 0. The Morgan fingerprint density at radius 2 is 1.62 bits per heavy atom. The van der Waals surface area contributed by atoms with E-state index < -0.39 is 0 Å². The van der Waals surface area contributed by atoms with Crippen molar-refractivity contribution >= 4 is 10.8 Å². The number of nitrogens with zero attached hydrogens (tertiary/aromatic N) is 1. The van der Waals surface area contributed by atoms with Crippen LogP contribution in [0.5, 0.6) is 0 Å². The Labute approximate surface area is 144 Å². The fraction of sp³-hybridized carbons (Fsp3) is 0.273. The molecular weight excluding hydrogens is 292 g/mol. The normalized spacial score (nSPS) is 18.2. The molecule has 1 heterocycles. The smallest absolute Gasteiger partial charge is 0.0234 e. The molecule has 4 rings (SSSR count). The number of benzene rings is 3. The number of hydrogen-bond acceptors (Lipinski definition) is 2. The van der Waals surface area contributed by atoms with Crippen molar-refractivity contribution in [2.75, 3.05) is 13.1 Å². The van der Waals surface area contributed by atoms with Crippen molar-refractivity contribution < 1.29 is 0 Å². The van der Waals surface area contributed by atoms with Crippen LogP contribution in [0.3, 0.4) is 0 Å². The van der Waals surface area contributed by atoms with Crippen molar-refractivity contribution in [3.63, 3.8) is 0 Å². The monoisotopic (exact) mass is 316 g/mol. The van der Waals surface area contributed by atoms with Gasteiger partial charge in [0.15, 0.2) is 0 Å². The molecule has 2 nitrogen and oxygen atoms in total. The van der Waals surface area contributed by atoms with Crippen LogP contribution >= 0.6 is 0 Å². The van der Waals surface area contributed by atoms with Gasteiger partial charge in [-0.15, -0.1) is 0 Å². The van der Waals surface area contributed by atoms with Crippen molar-refractivity contribution in [2.45, 2.75) is 25.6 Å². The molecule has 122 valence electrons. The van der Waals surface area contributed by atoms with Gasteiger partial charge in [0.25, 0.3) is 0 Å². The molecule has 1 N–H and O–H groups in total. The molecule has 0 radical (unpaired) electrons. The van der Waals surface area contributed by atoms with Crippen molar-refractivity contribution in [1.29, 1.82) is 0 Å². The summed E-state index contributed by atoms with van der Waals surface area (Å²) >= 11 is 0. The zero-order valence-corrected chi connectivity index (χ0v) is 14.0. The fourth-order valence-electron chi connectivity index (χ4n) is 3.60. The Kier molecular flexibility index (Phi) is 4.59. The van der Waals surface area contributed by atoms with Crippen LogP contribution in [0.15, 0.2) is 72.8 Å². The highest BCUT2D eigenvalue weighted by Gasteiger charge is 2.21. The second-order valence-electron chi connectivity index (χ2n) is 6.77. The van der Waals surface area contributed by atoms with E-state index in [0.717, 1.165) is 19.6 Å². The van der Waals surface area contributed by atoms with E-state index in [-0.39, 0.29) is 0 Å². The molecule has 24 heavy (non-hydrogen) atoms. The molecule has 1 saturated heterocycles. The number of rotatable bonds is 5. The molecule has 0 bridgehead atoms. The average Bonchev–Trinajstić information content (AvgIpc) is 3.08. The molecule has 1 aliphatic rings. The molecular formula is C22H24N2. The number of nitrogens with one attached hydrogen (secondary N) is 1. The van der Waals surface area contributed by atoms with Gasteiger partial charge < -0.3 is 5.32 Å². The topological polar surface area (TPSA) is 15.3 Å². The van der Waals surface area contributed by atoms with Crippen molar-refractivity contribution in [3.8, 4) is 0 Å². The van der Waals surface area contributed by atoms with Crippen LogP contribution in [0.25, 0.3) is 10.8 Å². The highest BCUT2D eigenvalue weighted by molar-refractivity contribution is 5.82. The maximum Gasteiger partial charge on any atom is 0.0234 e. The third-order valence-corrected chi connectivity index (χ3v) is 4.93. The van der Waals surface area contributed by atoms with Crippen LogP contribution in [0, 0.1) is 0 Å². The largest absolute Gasteiger partial charge is 0.309 e. The maximum absolute atomic E-state index is 3.74. The number of hydrogen-bond donors (Lipinski definition) is 1. The standard InChI is InChI=1S/C22H24N2/c1-2-6-18(7-3-1)16-24-13-12-22(17-24)23-15-19-10-11-20-8-4-5-9-21(20)14-19/h1-11,14,22-23H,12-13,15-17H2/t22-/m0/s1. The Morgan fingerprint density at radius 1 is 0.833 bits per heavy atom. The lowest BCUT2D eigenvalue weighted by Crippen LogP contribution is -2.31. The fourth-order valence-corrected chi connectivity index (χ4v) is 3.60. The summed E-state index contributed by atoms with van der Waals surface area (Å²) in [4.78, 5) is 2.55. The van der Waals surface area contributed by atoms with Gasteiger partial charge in [-0.05, 0) is 34.4 Å². The van der Waals surface area contributed by atoms with E-state index in [1.54, 1.807) is 0 Å². The van der Waals surface area contributed by atoms with Gasteiger partial charge in [0, 0.05) is 32.2 Å². The van der Waals surface area contributed by atoms with Gasteiger partial charge in [0.2, 0.25) is 0 Å². The second-order valence-corrected chi connectivity index (χ2v) is 6.77. The number of fused-ring (bicyclic) bond motifs is 1. The van der Waals surface area contributed by atoms with Crippen molar-refractivity contribution in [2.24, 2.45) is 0 Å². The average molecular weight is 316 g/mol. The highest BCUT2D eigenvalue weighted by atomic mass is 15.2. The van der Waals surface area contributed by atoms with Gasteiger partial charge in [-0.3, -0.25) is 4.90 Å². The molecule has 0 unspecified atom stereocenters. The van der Waals surface area contributed by atoms with E-state index in [0.29, 0.717) is 6.04 Å². The van der Waals surface area contributed by atoms with Gasteiger partial charge in [0.1, 0.15) is 0 Å². The van der Waals surface area contributed by atoms with Gasteiger partial charge in [-0.2, -0.15) is 0 Å². The Balaban J connectivity index is 1.31. The van der Waals surface area contributed by atoms with Crippen molar-refractivity contribution in [3.05, 3.63) is 83.9 Å². The van der Waals surface area contributed by atoms with E-state index in [4.69, 9.17) is 0 Å². The van der Waals surface area contributed by atoms with Gasteiger partial charge >= 0.3 is 0 Å². The molecule has 3 aromatic rings. The number of likely N-dealkylation sites (tertiary alicyclic amines) is 1. The molecule has 1 fully saturated rings. The lowest BCUT2D eigenvalue weighted by Gasteiger charge is -2.17. The first-order chi connectivity index (χ1) is 11.9. The first-order valence-electron chi connectivity index (χ1n) is 8.84. The third kappa shape index (κ3) is 3.66. The van der Waals surface area contributed by atoms with E-state index in [9.17, 15) is 0 Å². The lowest BCUT2D eigenvalue weighted by molar-refractivity contribution is 0.320. The zero-order chi connectivity index (χ0) is 16.2. The third-order valence-electron chi connectivity index (χ3n) is 4.93. The Hall–Kier alpha value is -2.16. The molecule has 0 aromatic heterocycles. The summed E-state index contributed by atoms with van der Waals surface area (Å²) in [5, 5.41) is 6.38. The van der Waals surface area contributed by atoms with E-state index in [2.05, 4.69) is 83.0 Å². The van der Waals surface area contributed by atoms with Crippen LogP contribution < -0.4 is 5.32 Å². The van der Waals surface area contributed by atoms with Gasteiger partial charge in [-0.25, -0.2) is 0 Å².